The SMILES string of the molecule is Cc1ccc2[nH]c(=O)c(C[NH+](CCCO)Cc3nnnn3C3CCCCC3)cc2c1. The Kier molecular flexibility index (Phi) is 6.54. The maximum atomic E-state index is 12.7. The van der Waals surface area contributed by atoms with Crippen LogP contribution in [-0.4, -0.2) is 43.4 Å². The topological polar surface area (TPSA) is 101 Å². The zero-order valence-electron chi connectivity index (χ0n) is 17.6. The van der Waals surface area contributed by atoms with Crippen molar-refractivity contribution in [2.45, 2.75) is 64.6 Å². The van der Waals surface area contributed by atoms with E-state index in [1.54, 1.807) is 0 Å². The van der Waals surface area contributed by atoms with Crippen LogP contribution in [0.15, 0.2) is 29.1 Å². The van der Waals surface area contributed by atoms with Crippen molar-refractivity contribution in [2.75, 3.05) is 13.2 Å². The van der Waals surface area contributed by atoms with Gasteiger partial charge in [0.15, 0.2) is 0 Å². The van der Waals surface area contributed by atoms with Crippen LogP contribution in [0.25, 0.3) is 10.9 Å². The normalized spacial score (nSPS) is 16.2. The number of benzene rings is 1. The van der Waals surface area contributed by atoms with Crippen molar-refractivity contribution in [1.29, 1.82) is 0 Å². The lowest BCUT2D eigenvalue weighted by atomic mass is 9.95. The molecule has 8 heteroatoms. The number of nitrogens with zero attached hydrogens (tertiary/aromatic N) is 4. The number of tetrazole rings is 1. The first kappa shape index (κ1) is 20.7. The van der Waals surface area contributed by atoms with Gasteiger partial charge in [0.1, 0.15) is 13.1 Å². The van der Waals surface area contributed by atoms with E-state index in [0.717, 1.165) is 47.2 Å². The zero-order valence-corrected chi connectivity index (χ0v) is 17.6. The Hall–Kier alpha value is -2.58. The molecule has 1 aliphatic carbocycles. The first-order chi connectivity index (χ1) is 14.6. The number of pyridine rings is 1. The molecule has 3 aromatic rings. The average Bonchev–Trinajstić information content (AvgIpc) is 3.21. The smallest absolute Gasteiger partial charge is 0.257 e. The minimum absolute atomic E-state index is 0.0558. The molecular weight excluding hydrogens is 380 g/mol. The van der Waals surface area contributed by atoms with Gasteiger partial charge in [-0.3, -0.25) is 4.79 Å². The number of hydrogen-bond donors (Lipinski definition) is 3. The number of rotatable bonds is 8. The van der Waals surface area contributed by atoms with Gasteiger partial charge in [0.05, 0.1) is 18.2 Å². The van der Waals surface area contributed by atoms with Gasteiger partial charge in [0, 0.05) is 18.5 Å². The van der Waals surface area contributed by atoms with Gasteiger partial charge >= 0.3 is 0 Å². The number of nitrogens with one attached hydrogen (secondary N) is 2. The Labute approximate surface area is 175 Å². The maximum Gasteiger partial charge on any atom is 0.257 e. The highest BCUT2D eigenvalue weighted by Gasteiger charge is 2.23. The largest absolute Gasteiger partial charge is 0.396 e. The second-order valence-corrected chi connectivity index (χ2v) is 8.48. The van der Waals surface area contributed by atoms with E-state index in [0.29, 0.717) is 25.6 Å². The van der Waals surface area contributed by atoms with Gasteiger partial charge in [0.2, 0.25) is 5.82 Å². The third-order valence-electron chi connectivity index (χ3n) is 6.10. The van der Waals surface area contributed by atoms with Crippen molar-refractivity contribution in [1.82, 2.24) is 25.2 Å². The van der Waals surface area contributed by atoms with Crippen molar-refractivity contribution in [3.8, 4) is 0 Å². The minimum Gasteiger partial charge on any atom is -0.396 e. The fourth-order valence-corrected chi connectivity index (χ4v) is 4.50. The number of aromatic amines is 1. The molecule has 1 unspecified atom stereocenters. The van der Waals surface area contributed by atoms with Gasteiger partial charge in [-0.15, -0.1) is 5.10 Å². The van der Waals surface area contributed by atoms with E-state index in [-0.39, 0.29) is 12.2 Å². The molecule has 1 aromatic carbocycles. The highest BCUT2D eigenvalue weighted by atomic mass is 16.3. The molecular formula is C22H31N6O2+. The van der Waals surface area contributed by atoms with Gasteiger partial charge in [-0.2, -0.15) is 0 Å². The summed E-state index contributed by atoms with van der Waals surface area (Å²) in [6, 6.07) is 8.40. The summed E-state index contributed by atoms with van der Waals surface area (Å²) in [4.78, 5) is 16.9. The third kappa shape index (κ3) is 4.76. The molecule has 0 saturated heterocycles. The summed E-state index contributed by atoms with van der Waals surface area (Å²) < 4.78 is 1.99. The van der Waals surface area contributed by atoms with E-state index < -0.39 is 0 Å². The average molecular weight is 412 g/mol. The number of aryl methyl sites for hydroxylation is 1. The number of H-pyrrole nitrogens is 1. The molecule has 160 valence electrons. The lowest BCUT2D eigenvalue weighted by Crippen LogP contribution is -3.09. The van der Waals surface area contributed by atoms with E-state index in [1.165, 1.54) is 24.2 Å². The summed E-state index contributed by atoms with van der Waals surface area (Å²) in [7, 11) is 0. The molecule has 3 N–H and O–H groups in total. The summed E-state index contributed by atoms with van der Waals surface area (Å²) in [6.45, 7) is 4.13. The monoisotopic (exact) mass is 411 g/mol. The fraction of sp³-hybridized carbons (Fsp3) is 0.545. The number of aliphatic hydroxyl groups excluding tert-OH is 1. The molecule has 2 heterocycles. The van der Waals surface area contributed by atoms with Crippen molar-refractivity contribution >= 4 is 10.9 Å². The molecule has 0 spiro atoms. The summed E-state index contributed by atoms with van der Waals surface area (Å²) in [6.07, 6.45) is 6.63. The molecule has 1 fully saturated rings. The standard InChI is InChI=1S/C22H30N6O2/c1-16-8-9-20-17(12-16)13-18(22(30)23-20)14-27(10-5-11-29)15-21-24-25-26-28(21)19-6-3-2-4-7-19/h8-9,12-13,19,29H,2-7,10-11,14-15H2,1H3,(H,23,30)/p+1. The highest BCUT2D eigenvalue weighted by molar-refractivity contribution is 5.79. The second-order valence-electron chi connectivity index (χ2n) is 8.48. The molecule has 0 bridgehead atoms. The Bertz CT molecular complexity index is 1040. The van der Waals surface area contributed by atoms with Crippen LogP contribution in [0.2, 0.25) is 0 Å². The number of quaternary nitrogens is 1. The van der Waals surface area contributed by atoms with Gasteiger partial charge < -0.3 is 15.0 Å². The van der Waals surface area contributed by atoms with Crippen molar-refractivity contribution in [3.63, 3.8) is 0 Å². The molecule has 30 heavy (non-hydrogen) atoms. The molecule has 1 atom stereocenters. The minimum atomic E-state index is -0.0558. The van der Waals surface area contributed by atoms with Gasteiger partial charge in [-0.1, -0.05) is 30.9 Å². The van der Waals surface area contributed by atoms with Crippen molar-refractivity contribution < 1.29 is 10.0 Å². The quantitative estimate of drug-likeness (QED) is 0.519. The molecule has 0 aliphatic heterocycles. The van der Waals surface area contributed by atoms with Crippen molar-refractivity contribution in [3.05, 3.63) is 51.6 Å². The number of hydrogen-bond acceptors (Lipinski definition) is 5. The summed E-state index contributed by atoms with van der Waals surface area (Å²) in [5.41, 5.74) is 2.71. The van der Waals surface area contributed by atoms with Crippen LogP contribution in [0.5, 0.6) is 0 Å². The van der Waals surface area contributed by atoms with Crippen LogP contribution >= 0.6 is 0 Å². The van der Waals surface area contributed by atoms with Crippen molar-refractivity contribution in [2.24, 2.45) is 0 Å². The number of aromatic nitrogens is 5. The van der Waals surface area contributed by atoms with E-state index in [2.05, 4.69) is 26.6 Å². The maximum absolute atomic E-state index is 12.7. The van der Waals surface area contributed by atoms with E-state index in [4.69, 9.17) is 0 Å². The van der Waals surface area contributed by atoms with Crippen LogP contribution in [0.4, 0.5) is 0 Å². The Balaban J connectivity index is 1.57. The van der Waals surface area contributed by atoms with Gasteiger partial charge in [0.25, 0.3) is 5.56 Å². The van der Waals surface area contributed by atoms with Crippen LogP contribution in [0.3, 0.4) is 0 Å². The lowest BCUT2D eigenvalue weighted by Gasteiger charge is -2.24. The van der Waals surface area contributed by atoms with Crippen LogP contribution in [0, 0.1) is 6.92 Å². The molecule has 2 aromatic heterocycles. The van der Waals surface area contributed by atoms with E-state index in [1.807, 2.05) is 29.8 Å². The molecule has 1 saturated carbocycles. The molecule has 1 aliphatic rings. The Morgan fingerprint density at radius 2 is 2.03 bits per heavy atom. The first-order valence-corrected chi connectivity index (χ1v) is 11.0. The molecule has 4 rings (SSSR count). The predicted molar refractivity (Wildman–Crippen MR) is 114 cm³/mol. The second kappa shape index (κ2) is 9.49. The molecule has 0 radical (unpaired) electrons. The van der Waals surface area contributed by atoms with Gasteiger partial charge in [-0.25, -0.2) is 4.68 Å². The van der Waals surface area contributed by atoms with E-state index in [9.17, 15) is 9.90 Å². The Morgan fingerprint density at radius 1 is 1.20 bits per heavy atom. The van der Waals surface area contributed by atoms with Crippen LogP contribution in [0.1, 0.15) is 61.5 Å². The van der Waals surface area contributed by atoms with E-state index >= 15 is 0 Å². The van der Waals surface area contributed by atoms with Crippen LogP contribution in [-0.2, 0) is 13.1 Å². The zero-order chi connectivity index (χ0) is 20.9. The number of fused-ring (bicyclic) bond motifs is 1. The molecule has 8 nitrogen and oxygen atoms in total. The molecule has 0 amide bonds. The fourth-order valence-electron chi connectivity index (χ4n) is 4.50. The summed E-state index contributed by atoms with van der Waals surface area (Å²) in [5, 5.41) is 22.9. The predicted octanol–water partition coefficient (Wildman–Crippen LogP) is 1.30. The van der Waals surface area contributed by atoms with Gasteiger partial charge in [-0.05, 0) is 53.8 Å². The Morgan fingerprint density at radius 3 is 2.83 bits per heavy atom. The lowest BCUT2D eigenvalue weighted by molar-refractivity contribution is -0.928. The highest BCUT2D eigenvalue weighted by Crippen LogP contribution is 2.27. The number of aliphatic hydroxyl groups is 1. The summed E-state index contributed by atoms with van der Waals surface area (Å²) >= 11 is 0. The summed E-state index contributed by atoms with van der Waals surface area (Å²) in [5.74, 6) is 0.864. The van der Waals surface area contributed by atoms with Crippen LogP contribution < -0.4 is 10.5 Å². The third-order valence-corrected chi connectivity index (χ3v) is 6.10. The first-order valence-electron chi connectivity index (χ1n) is 11.0.